The highest BCUT2D eigenvalue weighted by Gasteiger charge is 2.00. The van der Waals surface area contributed by atoms with Gasteiger partial charge in [-0.15, -0.1) is 0 Å². The molecule has 0 rings (SSSR count). The molecule has 6 N–H and O–H groups in total. The predicted molar refractivity (Wildman–Crippen MR) is 51.2 cm³/mol. The second-order valence-corrected chi connectivity index (χ2v) is 3.08. The maximum Gasteiger partial charge on any atom is 0.466 e. The first-order valence-corrected chi connectivity index (χ1v) is 6.70. The average Bonchev–Trinajstić information content (AvgIpc) is 1.88. The van der Waals surface area contributed by atoms with Crippen LogP contribution in [0.4, 0.5) is 0 Å². The second-order valence-electron chi connectivity index (χ2n) is 1.03. The van der Waals surface area contributed by atoms with E-state index in [2.05, 4.69) is 0 Å². The van der Waals surface area contributed by atoms with Crippen molar-refractivity contribution in [3.63, 3.8) is 0 Å². The van der Waals surface area contributed by atoms with Crippen molar-refractivity contribution in [1.29, 1.82) is 0 Å². The summed E-state index contributed by atoms with van der Waals surface area (Å²) in [6, 6.07) is 0. The SMILES string of the molecule is CC.CC.O=P(O)(O)O.O=P(O)(O)O. The molecule has 0 unspecified atom stereocenters. The first-order chi connectivity index (χ1) is 6.00. The van der Waals surface area contributed by atoms with E-state index in [-0.39, 0.29) is 0 Å². The zero-order valence-electron chi connectivity index (χ0n) is 8.39. The summed E-state index contributed by atoms with van der Waals surface area (Å²) in [5.74, 6) is 0. The van der Waals surface area contributed by atoms with Crippen LogP contribution >= 0.6 is 15.6 Å². The van der Waals surface area contributed by atoms with Gasteiger partial charge in [0.15, 0.2) is 0 Å². The monoisotopic (exact) mass is 256 g/mol. The van der Waals surface area contributed by atoms with Crippen molar-refractivity contribution in [3.05, 3.63) is 0 Å². The van der Waals surface area contributed by atoms with E-state index >= 15 is 0 Å². The second kappa shape index (κ2) is 13.2. The Balaban J connectivity index is -0.0000000528. The predicted octanol–water partition coefficient (Wildman–Crippen LogP) is 0.195. The minimum absolute atomic E-state index is 2.00. The molecule has 0 fully saturated rings. The molecule has 10 heteroatoms. The Morgan fingerprint density at radius 2 is 0.571 bits per heavy atom. The highest BCUT2D eigenvalue weighted by molar-refractivity contribution is 7.45. The van der Waals surface area contributed by atoms with E-state index in [1.165, 1.54) is 0 Å². The lowest BCUT2D eigenvalue weighted by atomic mass is 11.0. The first kappa shape index (κ1) is 23.8. The molecule has 14 heavy (non-hydrogen) atoms. The zero-order valence-corrected chi connectivity index (χ0v) is 10.2. The Kier molecular flexibility index (Phi) is 22.5. The molecule has 0 aliphatic rings. The molecule has 0 bridgehead atoms. The van der Waals surface area contributed by atoms with Gasteiger partial charge in [-0.25, -0.2) is 9.13 Å². The summed E-state index contributed by atoms with van der Waals surface area (Å²) in [5.41, 5.74) is 0. The summed E-state index contributed by atoms with van der Waals surface area (Å²) in [7, 11) is -9.28. The highest BCUT2D eigenvalue weighted by Crippen LogP contribution is 2.26. The van der Waals surface area contributed by atoms with Crippen molar-refractivity contribution in [2.24, 2.45) is 0 Å². The molecule has 0 amide bonds. The standard InChI is InChI=1S/2C2H6.2H3O4P/c2*1-2;2*1-5(2,3)4/h2*1-2H3;2*(H3,1,2,3,4). The van der Waals surface area contributed by atoms with Crippen LogP contribution in [0.15, 0.2) is 0 Å². The maximum atomic E-state index is 8.88. The van der Waals surface area contributed by atoms with Crippen LogP contribution in [-0.2, 0) is 9.13 Å². The van der Waals surface area contributed by atoms with E-state index < -0.39 is 15.6 Å². The van der Waals surface area contributed by atoms with Gasteiger partial charge in [-0.05, 0) is 0 Å². The van der Waals surface area contributed by atoms with E-state index in [1.807, 2.05) is 27.7 Å². The van der Waals surface area contributed by atoms with Crippen molar-refractivity contribution in [2.45, 2.75) is 27.7 Å². The third-order valence-corrected chi connectivity index (χ3v) is 0. The molecule has 92 valence electrons. The molecule has 0 aromatic rings. The fraction of sp³-hybridized carbons (Fsp3) is 1.00. The zero-order chi connectivity index (χ0) is 13.0. The van der Waals surface area contributed by atoms with E-state index in [1.54, 1.807) is 0 Å². The normalized spacial score (nSPS) is 9.29. The lowest BCUT2D eigenvalue weighted by molar-refractivity contribution is 0.272. The summed E-state index contributed by atoms with van der Waals surface area (Å²) in [6.07, 6.45) is 0. The third kappa shape index (κ3) is 31800. The third-order valence-electron chi connectivity index (χ3n) is 0. The van der Waals surface area contributed by atoms with E-state index in [0.717, 1.165) is 0 Å². The quantitative estimate of drug-likeness (QED) is 0.335. The van der Waals surface area contributed by atoms with Gasteiger partial charge in [0.2, 0.25) is 0 Å². The van der Waals surface area contributed by atoms with Crippen molar-refractivity contribution in [1.82, 2.24) is 0 Å². The maximum absolute atomic E-state index is 8.88. The number of hydrogen-bond acceptors (Lipinski definition) is 2. The van der Waals surface area contributed by atoms with Crippen molar-refractivity contribution >= 4 is 15.6 Å². The molecular formula is C4H18O8P2. The number of phosphoric acid groups is 2. The average molecular weight is 256 g/mol. The van der Waals surface area contributed by atoms with Crippen LogP contribution < -0.4 is 0 Å². The van der Waals surface area contributed by atoms with E-state index in [0.29, 0.717) is 0 Å². The highest BCUT2D eigenvalue weighted by atomic mass is 31.2. The molecule has 0 aromatic carbocycles. The van der Waals surface area contributed by atoms with Gasteiger partial charge in [-0.2, -0.15) is 0 Å². The summed E-state index contributed by atoms with van der Waals surface area (Å²) < 4.78 is 17.8. The lowest BCUT2D eigenvalue weighted by Crippen LogP contribution is -1.66. The molecule has 0 aliphatic carbocycles. The smallest absolute Gasteiger partial charge is 0.303 e. The molecule has 0 aliphatic heterocycles. The van der Waals surface area contributed by atoms with Crippen LogP contribution in [0.25, 0.3) is 0 Å². The molecule has 0 aromatic heterocycles. The van der Waals surface area contributed by atoms with Gasteiger partial charge in [0, 0.05) is 0 Å². The van der Waals surface area contributed by atoms with Gasteiger partial charge >= 0.3 is 15.6 Å². The molecular weight excluding hydrogens is 238 g/mol. The van der Waals surface area contributed by atoms with Gasteiger partial charge in [0.1, 0.15) is 0 Å². The Hall–Kier alpha value is 0.220. The number of rotatable bonds is 0. The fourth-order valence-corrected chi connectivity index (χ4v) is 0. The van der Waals surface area contributed by atoms with Gasteiger partial charge in [0.05, 0.1) is 0 Å². The molecule has 0 heterocycles. The lowest BCUT2D eigenvalue weighted by Gasteiger charge is -1.82. The Bertz CT molecular complexity index is 132. The molecule has 0 radical (unpaired) electrons. The van der Waals surface area contributed by atoms with Crippen LogP contribution in [0.5, 0.6) is 0 Å². The Labute approximate surface area is 82.7 Å². The molecule has 0 spiro atoms. The fourth-order valence-electron chi connectivity index (χ4n) is 0. The van der Waals surface area contributed by atoms with Crippen LogP contribution in [0.3, 0.4) is 0 Å². The van der Waals surface area contributed by atoms with Crippen molar-refractivity contribution in [2.75, 3.05) is 0 Å². The van der Waals surface area contributed by atoms with Crippen LogP contribution in [0.2, 0.25) is 0 Å². The molecule has 0 saturated heterocycles. The minimum Gasteiger partial charge on any atom is -0.303 e. The van der Waals surface area contributed by atoms with Gasteiger partial charge < -0.3 is 29.4 Å². The van der Waals surface area contributed by atoms with Crippen LogP contribution in [-0.4, -0.2) is 29.4 Å². The molecule has 0 saturated carbocycles. The van der Waals surface area contributed by atoms with Gasteiger partial charge in [-0.1, -0.05) is 27.7 Å². The van der Waals surface area contributed by atoms with Crippen molar-refractivity contribution in [3.8, 4) is 0 Å². The first-order valence-electron chi connectivity index (χ1n) is 3.57. The van der Waals surface area contributed by atoms with Gasteiger partial charge in [0.25, 0.3) is 0 Å². The largest absolute Gasteiger partial charge is 0.466 e. The van der Waals surface area contributed by atoms with Crippen molar-refractivity contribution < 1.29 is 38.5 Å². The van der Waals surface area contributed by atoms with E-state index in [4.69, 9.17) is 38.5 Å². The minimum atomic E-state index is -4.64. The molecule has 0 atom stereocenters. The number of hydrogen-bond donors (Lipinski definition) is 6. The Morgan fingerprint density at radius 3 is 0.571 bits per heavy atom. The van der Waals surface area contributed by atoms with Gasteiger partial charge in [-0.3, -0.25) is 0 Å². The summed E-state index contributed by atoms with van der Waals surface area (Å²) in [4.78, 5) is 43.1. The summed E-state index contributed by atoms with van der Waals surface area (Å²) in [6.45, 7) is 8.00. The Morgan fingerprint density at radius 1 is 0.571 bits per heavy atom. The molecule has 8 nitrogen and oxygen atoms in total. The van der Waals surface area contributed by atoms with E-state index in [9.17, 15) is 0 Å². The summed E-state index contributed by atoms with van der Waals surface area (Å²) >= 11 is 0. The topological polar surface area (TPSA) is 156 Å². The summed E-state index contributed by atoms with van der Waals surface area (Å²) in [5, 5.41) is 0. The van der Waals surface area contributed by atoms with Crippen LogP contribution in [0, 0.1) is 0 Å². The van der Waals surface area contributed by atoms with Crippen LogP contribution in [0.1, 0.15) is 27.7 Å².